The first kappa shape index (κ1) is 20.1. The molecule has 0 atom stereocenters. The summed E-state index contributed by atoms with van der Waals surface area (Å²) in [5.74, 6) is 0. The standard InChI is InChI=1S/C12H16ClN3O3S.ClH/c1-19-7-6-15-4-5-16-20(17,18)12-3-2-10(9-14)8-11(12)13;/h2-3,8,15-16H,4-7H2,1H3;1H. The Kier molecular flexibility index (Phi) is 9.53. The summed E-state index contributed by atoms with van der Waals surface area (Å²) in [5.41, 5.74) is 0.315. The van der Waals surface area contributed by atoms with Crippen LogP contribution in [0.1, 0.15) is 5.56 Å². The van der Waals surface area contributed by atoms with Crippen LogP contribution in [0.4, 0.5) is 0 Å². The van der Waals surface area contributed by atoms with E-state index in [-0.39, 0.29) is 28.9 Å². The van der Waals surface area contributed by atoms with Crippen molar-refractivity contribution in [1.82, 2.24) is 10.0 Å². The third-order valence-electron chi connectivity index (χ3n) is 2.43. The molecule has 0 saturated heterocycles. The molecule has 0 heterocycles. The zero-order valence-corrected chi connectivity index (χ0v) is 13.8. The molecule has 1 rings (SSSR count). The monoisotopic (exact) mass is 353 g/mol. The van der Waals surface area contributed by atoms with Crippen molar-refractivity contribution in [2.75, 3.05) is 33.4 Å². The maximum atomic E-state index is 12.0. The second-order valence-corrected chi connectivity index (χ2v) is 6.04. The van der Waals surface area contributed by atoms with Crippen LogP contribution in [0.5, 0.6) is 0 Å². The van der Waals surface area contributed by atoms with Gasteiger partial charge in [0.05, 0.1) is 23.3 Å². The van der Waals surface area contributed by atoms with E-state index in [2.05, 4.69) is 10.0 Å². The average molecular weight is 354 g/mol. The van der Waals surface area contributed by atoms with Crippen LogP contribution in [-0.4, -0.2) is 41.8 Å². The van der Waals surface area contributed by atoms with Crippen LogP contribution < -0.4 is 10.0 Å². The van der Waals surface area contributed by atoms with Gasteiger partial charge in [-0.2, -0.15) is 5.26 Å². The number of rotatable bonds is 8. The smallest absolute Gasteiger partial charge is 0.242 e. The molecule has 0 spiro atoms. The molecule has 0 aliphatic rings. The van der Waals surface area contributed by atoms with Crippen molar-refractivity contribution in [3.05, 3.63) is 28.8 Å². The van der Waals surface area contributed by atoms with Crippen LogP contribution >= 0.6 is 24.0 Å². The summed E-state index contributed by atoms with van der Waals surface area (Å²) in [4.78, 5) is -0.0324. The van der Waals surface area contributed by atoms with Gasteiger partial charge in [0.1, 0.15) is 4.90 Å². The van der Waals surface area contributed by atoms with E-state index in [4.69, 9.17) is 21.6 Å². The molecule has 118 valence electrons. The lowest BCUT2D eigenvalue weighted by Gasteiger charge is -2.09. The highest BCUT2D eigenvalue weighted by molar-refractivity contribution is 7.89. The Morgan fingerprint density at radius 3 is 2.62 bits per heavy atom. The molecule has 6 nitrogen and oxygen atoms in total. The average Bonchev–Trinajstić information content (AvgIpc) is 2.42. The zero-order valence-electron chi connectivity index (χ0n) is 11.4. The number of ether oxygens (including phenoxy) is 1. The van der Waals surface area contributed by atoms with Crippen LogP contribution in [0.2, 0.25) is 5.02 Å². The third-order valence-corrected chi connectivity index (χ3v) is 4.37. The van der Waals surface area contributed by atoms with Gasteiger partial charge in [-0.3, -0.25) is 0 Å². The number of methoxy groups -OCH3 is 1. The molecule has 0 unspecified atom stereocenters. The van der Waals surface area contributed by atoms with Crippen molar-refractivity contribution in [2.24, 2.45) is 0 Å². The van der Waals surface area contributed by atoms with Crippen LogP contribution in [0.15, 0.2) is 23.1 Å². The SMILES string of the molecule is COCCNCCNS(=O)(=O)c1ccc(C#N)cc1Cl.Cl. The Bertz CT molecular complexity index is 588. The third kappa shape index (κ3) is 6.61. The van der Waals surface area contributed by atoms with Crippen LogP contribution in [0, 0.1) is 11.3 Å². The largest absolute Gasteiger partial charge is 0.383 e. The number of nitriles is 1. The van der Waals surface area contributed by atoms with Crippen molar-refractivity contribution in [3.63, 3.8) is 0 Å². The molecule has 0 aromatic heterocycles. The molecule has 0 bridgehead atoms. The van der Waals surface area contributed by atoms with E-state index in [0.717, 1.165) is 0 Å². The number of halogens is 2. The lowest BCUT2D eigenvalue weighted by Crippen LogP contribution is -2.33. The maximum Gasteiger partial charge on any atom is 0.242 e. The van der Waals surface area contributed by atoms with Gasteiger partial charge in [0.25, 0.3) is 0 Å². The number of nitrogens with one attached hydrogen (secondary N) is 2. The van der Waals surface area contributed by atoms with E-state index in [9.17, 15) is 8.42 Å². The Morgan fingerprint density at radius 1 is 1.33 bits per heavy atom. The van der Waals surface area contributed by atoms with Gasteiger partial charge in [-0.05, 0) is 18.2 Å². The minimum atomic E-state index is -3.67. The minimum Gasteiger partial charge on any atom is -0.383 e. The molecule has 1 aromatic carbocycles. The second kappa shape index (κ2) is 9.95. The van der Waals surface area contributed by atoms with Crippen molar-refractivity contribution < 1.29 is 13.2 Å². The number of hydrogen-bond acceptors (Lipinski definition) is 5. The predicted molar refractivity (Wildman–Crippen MR) is 83.3 cm³/mol. The number of nitrogens with zero attached hydrogens (tertiary/aromatic N) is 1. The molecule has 0 saturated carbocycles. The van der Waals surface area contributed by atoms with Crippen molar-refractivity contribution in [1.29, 1.82) is 5.26 Å². The molecule has 2 N–H and O–H groups in total. The lowest BCUT2D eigenvalue weighted by atomic mass is 10.2. The Balaban J connectivity index is 0.00000400. The molecule has 0 radical (unpaired) electrons. The fourth-order valence-electron chi connectivity index (χ4n) is 1.44. The molecule has 0 aliphatic heterocycles. The Labute approximate surface area is 135 Å². The molecular formula is C12H17Cl2N3O3S. The summed E-state index contributed by atoms with van der Waals surface area (Å²) in [5, 5.41) is 11.8. The van der Waals surface area contributed by atoms with Gasteiger partial charge in [0.15, 0.2) is 0 Å². The quantitative estimate of drug-likeness (QED) is 0.684. The minimum absolute atomic E-state index is 0. The summed E-state index contributed by atoms with van der Waals surface area (Å²) < 4.78 is 31.3. The summed E-state index contributed by atoms with van der Waals surface area (Å²) in [6.07, 6.45) is 0. The molecule has 1 aromatic rings. The van der Waals surface area contributed by atoms with Crippen LogP contribution in [0.3, 0.4) is 0 Å². The Morgan fingerprint density at radius 2 is 2.05 bits per heavy atom. The van der Waals surface area contributed by atoms with Gasteiger partial charge in [-0.1, -0.05) is 11.6 Å². The fraction of sp³-hybridized carbons (Fsp3) is 0.417. The normalized spacial score (nSPS) is 10.7. The molecule has 9 heteroatoms. The first-order chi connectivity index (χ1) is 9.51. The van der Waals surface area contributed by atoms with Gasteiger partial charge in [-0.25, -0.2) is 13.1 Å². The molecular weight excluding hydrogens is 337 g/mol. The van der Waals surface area contributed by atoms with E-state index in [0.29, 0.717) is 25.3 Å². The summed E-state index contributed by atoms with van der Waals surface area (Å²) in [7, 11) is -2.08. The van der Waals surface area contributed by atoms with E-state index in [1.807, 2.05) is 6.07 Å². The van der Waals surface area contributed by atoms with Crippen molar-refractivity contribution in [3.8, 4) is 6.07 Å². The van der Waals surface area contributed by atoms with Gasteiger partial charge in [-0.15, -0.1) is 12.4 Å². The van der Waals surface area contributed by atoms with Crippen molar-refractivity contribution in [2.45, 2.75) is 4.90 Å². The predicted octanol–water partition coefficient (Wildman–Crippen LogP) is 1.15. The second-order valence-electron chi connectivity index (χ2n) is 3.90. The first-order valence-corrected chi connectivity index (χ1v) is 7.76. The lowest BCUT2D eigenvalue weighted by molar-refractivity contribution is 0.199. The highest BCUT2D eigenvalue weighted by Crippen LogP contribution is 2.22. The van der Waals surface area contributed by atoms with Crippen LogP contribution in [0.25, 0.3) is 0 Å². The summed E-state index contributed by atoms with van der Waals surface area (Å²) in [6, 6.07) is 5.96. The number of benzene rings is 1. The summed E-state index contributed by atoms with van der Waals surface area (Å²) in [6.45, 7) is 1.93. The van der Waals surface area contributed by atoms with Gasteiger partial charge in [0, 0.05) is 26.7 Å². The maximum absolute atomic E-state index is 12.0. The fourth-order valence-corrected chi connectivity index (χ4v) is 3.01. The van der Waals surface area contributed by atoms with Gasteiger partial charge >= 0.3 is 0 Å². The van der Waals surface area contributed by atoms with Crippen molar-refractivity contribution >= 4 is 34.0 Å². The summed E-state index contributed by atoms with van der Waals surface area (Å²) >= 11 is 5.87. The topological polar surface area (TPSA) is 91.2 Å². The van der Waals surface area contributed by atoms with E-state index < -0.39 is 10.0 Å². The number of sulfonamides is 1. The number of hydrogen-bond donors (Lipinski definition) is 2. The Hall–Kier alpha value is -0.880. The zero-order chi connectivity index (χ0) is 15.0. The molecule has 0 amide bonds. The first-order valence-electron chi connectivity index (χ1n) is 5.90. The molecule has 21 heavy (non-hydrogen) atoms. The van der Waals surface area contributed by atoms with E-state index >= 15 is 0 Å². The highest BCUT2D eigenvalue weighted by Gasteiger charge is 2.17. The van der Waals surface area contributed by atoms with E-state index in [1.54, 1.807) is 7.11 Å². The van der Waals surface area contributed by atoms with E-state index in [1.165, 1.54) is 18.2 Å². The highest BCUT2D eigenvalue weighted by atomic mass is 35.5. The van der Waals surface area contributed by atoms with Gasteiger partial charge in [0.2, 0.25) is 10.0 Å². The van der Waals surface area contributed by atoms with Gasteiger partial charge < -0.3 is 10.1 Å². The molecule has 0 aliphatic carbocycles. The molecule has 0 fully saturated rings. The van der Waals surface area contributed by atoms with Crippen LogP contribution in [-0.2, 0) is 14.8 Å².